The molecule has 1 N–H and O–H groups in total. The SMILES string of the molecule is CCCCCCCCCCCCCOC(=O)C(C)Oc1cccc(O)c1. The van der Waals surface area contributed by atoms with Crippen LogP contribution in [0.1, 0.15) is 84.5 Å². The second kappa shape index (κ2) is 14.5. The quantitative estimate of drug-likeness (QED) is 0.306. The molecule has 1 rings (SSSR count). The van der Waals surface area contributed by atoms with Gasteiger partial charge < -0.3 is 14.6 Å². The monoisotopic (exact) mass is 364 g/mol. The van der Waals surface area contributed by atoms with E-state index in [0.717, 1.165) is 12.8 Å². The number of benzene rings is 1. The third-order valence-corrected chi connectivity index (χ3v) is 4.45. The number of carbonyl (C=O) groups excluding carboxylic acids is 1. The summed E-state index contributed by atoms with van der Waals surface area (Å²) in [6.45, 7) is 4.36. The lowest BCUT2D eigenvalue weighted by atomic mass is 10.1. The Morgan fingerprint density at radius 1 is 0.962 bits per heavy atom. The highest BCUT2D eigenvalue weighted by Gasteiger charge is 2.16. The molecule has 0 aromatic heterocycles. The number of hydrogen-bond donors (Lipinski definition) is 1. The molecule has 1 atom stereocenters. The Labute approximate surface area is 158 Å². The van der Waals surface area contributed by atoms with Gasteiger partial charge in [0.2, 0.25) is 0 Å². The zero-order chi connectivity index (χ0) is 19.0. The van der Waals surface area contributed by atoms with E-state index in [-0.39, 0.29) is 11.7 Å². The van der Waals surface area contributed by atoms with Crippen LogP contribution in [-0.4, -0.2) is 23.8 Å². The van der Waals surface area contributed by atoms with Crippen LogP contribution in [0.25, 0.3) is 0 Å². The van der Waals surface area contributed by atoms with Crippen LogP contribution in [0.2, 0.25) is 0 Å². The lowest BCUT2D eigenvalue weighted by Gasteiger charge is -2.14. The van der Waals surface area contributed by atoms with E-state index in [4.69, 9.17) is 9.47 Å². The van der Waals surface area contributed by atoms with Gasteiger partial charge in [-0.15, -0.1) is 0 Å². The maximum atomic E-state index is 11.9. The summed E-state index contributed by atoms with van der Waals surface area (Å²) < 4.78 is 10.7. The molecule has 0 aliphatic carbocycles. The largest absolute Gasteiger partial charge is 0.508 e. The number of rotatable bonds is 15. The van der Waals surface area contributed by atoms with Crippen molar-refractivity contribution in [3.63, 3.8) is 0 Å². The smallest absolute Gasteiger partial charge is 0.347 e. The van der Waals surface area contributed by atoms with Crippen LogP contribution < -0.4 is 4.74 Å². The number of ether oxygens (including phenoxy) is 2. The molecule has 0 bridgehead atoms. The third-order valence-electron chi connectivity index (χ3n) is 4.45. The summed E-state index contributed by atoms with van der Waals surface area (Å²) in [6, 6.07) is 6.41. The summed E-state index contributed by atoms with van der Waals surface area (Å²) in [6.07, 6.45) is 13.3. The van der Waals surface area contributed by atoms with Gasteiger partial charge in [0.1, 0.15) is 11.5 Å². The minimum atomic E-state index is -0.676. The van der Waals surface area contributed by atoms with Gasteiger partial charge >= 0.3 is 5.97 Å². The van der Waals surface area contributed by atoms with E-state index in [9.17, 15) is 9.90 Å². The number of phenolic OH excluding ortho intramolecular Hbond substituents is 1. The summed E-state index contributed by atoms with van der Waals surface area (Å²) in [4.78, 5) is 11.9. The molecule has 0 amide bonds. The number of aromatic hydroxyl groups is 1. The lowest BCUT2D eigenvalue weighted by molar-refractivity contribution is -0.151. The zero-order valence-corrected chi connectivity index (χ0v) is 16.5. The van der Waals surface area contributed by atoms with E-state index >= 15 is 0 Å². The fourth-order valence-corrected chi connectivity index (χ4v) is 2.87. The first-order valence-corrected chi connectivity index (χ1v) is 10.3. The van der Waals surface area contributed by atoms with Gasteiger partial charge in [-0.1, -0.05) is 77.2 Å². The van der Waals surface area contributed by atoms with Crippen LogP contribution in [0, 0.1) is 0 Å². The molecule has 0 aliphatic rings. The maximum Gasteiger partial charge on any atom is 0.347 e. The van der Waals surface area contributed by atoms with Crippen LogP contribution in [0.5, 0.6) is 11.5 Å². The Hall–Kier alpha value is -1.71. The summed E-state index contributed by atoms with van der Waals surface area (Å²) in [5.41, 5.74) is 0. The molecule has 0 radical (unpaired) electrons. The second-order valence-corrected chi connectivity index (χ2v) is 6.96. The minimum absolute atomic E-state index is 0.115. The topological polar surface area (TPSA) is 55.8 Å². The van der Waals surface area contributed by atoms with Crippen molar-refractivity contribution in [2.24, 2.45) is 0 Å². The molecule has 0 saturated heterocycles. The Morgan fingerprint density at radius 3 is 2.12 bits per heavy atom. The maximum absolute atomic E-state index is 11.9. The van der Waals surface area contributed by atoms with Crippen molar-refractivity contribution < 1.29 is 19.4 Å². The van der Waals surface area contributed by atoms with Crippen LogP contribution in [0.4, 0.5) is 0 Å². The molecule has 1 aromatic carbocycles. The second-order valence-electron chi connectivity index (χ2n) is 6.96. The molecule has 4 nitrogen and oxygen atoms in total. The number of carbonyl (C=O) groups is 1. The first kappa shape index (κ1) is 22.3. The van der Waals surface area contributed by atoms with Crippen molar-refractivity contribution in [1.29, 1.82) is 0 Å². The molecule has 0 saturated carbocycles. The van der Waals surface area contributed by atoms with E-state index in [0.29, 0.717) is 12.4 Å². The highest BCUT2D eigenvalue weighted by molar-refractivity contribution is 5.74. The fourth-order valence-electron chi connectivity index (χ4n) is 2.87. The molecule has 1 unspecified atom stereocenters. The average Bonchev–Trinajstić information content (AvgIpc) is 2.62. The molecule has 0 spiro atoms. The van der Waals surface area contributed by atoms with Gasteiger partial charge in [0.15, 0.2) is 6.10 Å². The van der Waals surface area contributed by atoms with E-state index < -0.39 is 6.10 Å². The number of unbranched alkanes of at least 4 members (excludes halogenated alkanes) is 10. The molecule has 26 heavy (non-hydrogen) atoms. The molecule has 148 valence electrons. The summed E-state index contributed by atoms with van der Waals surface area (Å²) in [7, 11) is 0. The predicted molar refractivity (Wildman–Crippen MR) is 106 cm³/mol. The fraction of sp³-hybridized carbons (Fsp3) is 0.682. The number of phenols is 1. The van der Waals surface area contributed by atoms with Crippen molar-refractivity contribution in [1.82, 2.24) is 0 Å². The van der Waals surface area contributed by atoms with Crippen LogP contribution in [0.3, 0.4) is 0 Å². The van der Waals surface area contributed by atoms with E-state index in [1.807, 2.05) is 0 Å². The summed E-state index contributed by atoms with van der Waals surface area (Å²) >= 11 is 0. The number of esters is 1. The van der Waals surface area contributed by atoms with Gasteiger partial charge in [-0.3, -0.25) is 0 Å². The summed E-state index contributed by atoms with van der Waals surface area (Å²) in [5, 5.41) is 9.39. The van der Waals surface area contributed by atoms with Crippen molar-refractivity contribution in [3.05, 3.63) is 24.3 Å². The highest BCUT2D eigenvalue weighted by atomic mass is 16.6. The van der Waals surface area contributed by atoms with Gasteiger partial charge in [-0.05, 0) is 25.5 Å². The van der Waals surface area contributed by atoms with Gasteiger partial charge in [0.25, 0.3) is 0 Å². The molecule has 4 heteroatoms. The highest BCUT2D eigenvalue weighted by Crippen LogP contribution is 2.19. The molecule has 0 heterocycles. The van der Waals surface area contributed by atoms with Crippen LogP contribution in [0.15, 0.2) is 24.3 Å². The zero-order valence-electron chi connectivity index (χ0n) is 16.5. The minimum Gasteiger partial charge on any atom is -0.508 e. The Bertz CT molecular complexity index is 487. The Balaban J connectivity index is 1.96. The van der Waals surface area contributed by atoms with E-state index in [1.165, 1.54) is 63.9 Å². The van der Waals surface area contributed by atoms with Gasteiger partial charge in [-0.25, -0.2) is 4.79 Å². The van der Waals surface area contributed by atoms with Gasteiger partial charge in [0.05, 0.1) is 6.61 Å². The molecule has 0 aliphatic heterocycles. The van der Waals surface area contributed by atoms with Gasteiger partial charge in [0, 0.05) is 6.07 Å². The van der Waals surface area contributed by atoms with Gasteiger partial charge in [-0.2, -0.15) is 0 Å². The van der Waals surface area contributed by atoms with Crippen molar-refractivity contribution in [2.45, 2.75) is 90.6 Å². The third kappa shape index (κ3) is 11.0. The van der Waals surface area contributed by atoms with Crippen molar-refractivity contribution >= 4 is 5.97 Å². The normalized spacial score (nSPS) is 11.9. The standard InChI is InChI=1S/C22H36O4/c1-3-4-5-6-7-8-9-10-11-12-13-17-25-22(24)19(2)26-21-16-14-15-20(23)18-21/h14-16,18-19,23H,3-13,17H2,1-2H3. The van der Waals surface area contributed by atoms with E-state index in [2.05, 4.69) is 6.92 Å². The summed E-state index contributed by atoms with van der Waals surface area (Å²) in [5.74, 6) is 0.216. The Kier molecular flexibility index (Phi) is 12.4. The first-order chi connectivity index (χ1) is 12.6. The number of hydrogen-bond acceptors (Lipinski definition) is 4. The lowest BCUT2D eigenvalue weighted by Crippen LogP contribution is -2.26. The first-order valence-electron chi connectivity index (χ1n) is 10.3. The molecular weight excluding hydrogens is 328 g/mol. The molecular formula is C22H36O4. The Morgan fingerprint density at radius 2 is 1.54 bits per heavy atom. The van der Waals surface area contributed by atoms with Crippen LogP contribution >= 0.6 is 0 Å². The van der Waals surface area contributed by atoms with Crippen molar-refractivity contribution in [3.8, 4) is 11.5 Å². The van der Waals surface area contributed by atoms with E-state index in [1.54, 1.807) is 25.1 Å². The average molecular weight is 365 g/mol. The van der Waals surface area contributed by atoms with Crippen LogP contribution in [-0.2, 0) is 9.53 Å². The molecule has 0 fully saturated rings. The van der Waals surface area contributed by atoms with Crippen molar-refractivity contribution in [2.75, 3.05) is 6.61 Å². The molecule has 1 aromatic rings. The predicted octanol–water partition coefficient (Wildman–Crippen LogP) is 6.01.